The minimum absolute atomic E-state index is 0. The molecular weight excluding hydrogens is 611 g/mol. The van der Waals surface area contributed by atoms with Crippen LogP contribution >= 0.6 is 23.2 Å². The zero-order valence-corrected chi connectivity index (χ0v) is 28.3. The number of fused-ring (bicyclic) bond motifs is 3. The predicted octanol–water partition coefficient (Wildman–Crippen LogP) is 5.34. The number of hydrogen-bond donors (Lipinski definition) is 0. The average Bonchev–Trinajstić information content (AvgIpc) is 3.03. The Morgan fingerprint density at radius 2 is 1.61 bits per heavy atom. The Kier molecular flexibility index (Phi) is 10.4. The minimum atomic E-state index is -0.0617. The van der Waals surface area contributed by atoms with Gasteiger partial charge in [-0.2, -0.15) is 0 Å². The number of ether oxygens (including phenoxy) is 1. The highest BCUT2D eigenvalue weighted by atomic mass is 35.5. The minimum Gasteiger partial charge on any atom is -1.00 e. The van der Waals surface area contributed by atoms with E-state index in [2.05, 4.69) is 47.4 Å². The maximum atomic E-state index is 13.5. The summed E-state index contributed by atoms with van der Waals surface area (Å²) in [6, 6.07) is 25.1. The van der Waals surface area contributed by atoms with Gasteiger partial charge in [0.2, 0.25) is 0 Å². The van der Waals surface area contributed by atoms with Crippen LogP contribution in [0.2, 0.25) is 10.0 Å². The van der Waals surface area contributed by atoms with E-state index in [1.165, 1.54) is 61.1 Å². The number of likely N-dealkylation sites (tertiary alicyclic amines) is 1. The number of halogens is 3. The van der Waals surface area contributed by atoms with Gasteiger partial charge in [-0.15, -0.1) is 0 Å². The van der Waals surface area contributed by atoms with E-state index in [0.29, 0.717) is 27.6 Å². The molecule has 236 valence electrons. The second kappa shape index (κ2) is 13.7. The van der Waals surface area contributed by atoms with Crippen molar-refractivity contribution in [3.8, 4) is 5.75 Å². The van der Waals surface area contributed by atoms with Crippen molar-refractivity contribution in [1.29, 1.82) is 0 Å². The highest BCUT2D eigenvalue weighted by Crippen LogP contribution is 2.48. The van der Waals surface area contributed by atoms with E-state index in [0.717, 1.165) is 38.1 Å². The zero-order valence-electron chi connectivity index (χ0n) is 26.0. The summed E-state index contributed by atoms with van der Waals surface area (Å²) in [6.07, 6.45) is 7.14. The summed E-state index contributed by atoms with van der Waals surface area (Å²) in [5.41, 5.74) is 3.81. The molecule has 0 spiro atoms. The Bertz CT molecular complexity index is 1420. The molecule has 0 aromatic heterocycles. The van der Waals surface area contributed by atoms with Gasteiger partial charge in [0.05, 0.1) is 48.9 Å². The molecule has 7 heteroatoms. The van der Waals surface area contributed by atoms with Crippen molar-refractivity contribution in [2.75, 3.05) is 45.8 Å². The van der Waals surface area contributed by atoms with E-state index in [4.69, 9.17) is 27.9 Å². The molecule has 4 fully saturated rings. The first-order valence-corrected chi connectivity index (χ1v) is 16.8. The summed E-state index contributed by atoms with van der Waals surface area (Å²) in [5.74, 6) is 0.892. The van der Waals surface area contributed by atoms with E-state index in [1.807, 2.05) is 44.2 Å². The van der Waals surface area contributed by atoms with Gasteiger partial charge in [-0.25, -0.2) is 0 Å². The maximum absolute atomic E-state index is 13.5. The van der Waals surface area contributed by atoms with Crippen LogP contribution in [-0.2, 0) is 10.8 Å². The van der Waals surface area contributed by atoms with Crippen molar-refractivity contribution in [2.24, 2.45) is 0 Å². The molecule has 2 bridgehead atoms. The van der Waals surface area contributed by atoms with Crippen LogP contribution < -0.4 is 17.1 Å². The fraction of sp³-hybridized carbons (Fsp3) is 0.486. The predicted molar refractivity (Wildman–Crippen MR) is 177 cm³/mol. The first-order valence-electron chi connectivity index (χ1n) is 16.1. The zero-order chi connectivity index (χ0) is 30.1. The van der Waals surface area contributed by atoms with Gasteiger partial charge in [0, 0.05) is 48.6 Å². The highest BCUT2D eigenvalue weighted by Gasteiger charge is 2.50. The molecule has 44 heavy (non-hydrogen) atoms. The fourth-order valence-electron chi connectivity index (χ4n) is 8.16. The Hall–Kier alpha value is -2.08. The number of carbonyl (C=O) groups is 1. The molecule has 1 atom stereocenters. The van der Waals surface area contributed by atoms with Gasteiger partial charge in [0.1, 0.15) is 5.75 Å². The second-order valence-electron chi connectivity index (χ2n) is 13.7. The Morgan fingerprint density at radius 3 is 2.30 bits per heavy atom. The molecule has 4 nitrogen and oxygen atoms in total. The van der Waals surface area contributed by atoms with Crippen molar-refractivity contribution in [3.63, 3.8) is 0 Å². The van der Waals surface area contributed by atoms with E-state index in [9.17, 15) is 4.79 Å². The molecule has 0 saturated carbocycles. The van der Waals surface area contributed by atoms with Crippen LogP contribution in [0.4, 0.5) is 0 Å². The molecule has 3 aromatic carbocycles. The van der Waals surface area contributed by atoms with Gasteiger partial charge in [-0.3, -0.25) is 9.69 Å². The van der Waals surface area contributed by atoms with Gasteiger partial charge >= 0.3 is 0 Å². The van der Waals surface area contributed by atoms with Crippen molar-refractivity contribution >= 4 is 29.0 Å². The molecule has 7 rings (SSSR count). The normalized spacial score (nSPS) is 26.8. The molecule has 0 radical (unpaired) electrons. The molecule has 0 N–H and O–H groups in total. The van der Waals surface area contributed by atoms with Gasteiger partial charge in [0.25, 0.3) is 0 Å². The Morgan fingerprint density at radius 1 is 0.886 bits per heavy atom. The first-order chi connectivity index (χ1) is 20.7. The second-order valence-corrected chi connectivity index (χ2v) is 14.5. The number of piperidine rings is 4. The molecule has 4 aliphatic rings. The lowest BCUT2D eigenvalue weighted by Gasteiger charge is -2.56. The summed E-state index contributed by atoms with van der Waals surface area (Å²) in [4.78, 5) is 15.9. The third-order valence-electron chi connectivity index (χ3n) is 10.7. The van der Waals surface area contributed by atoms with Crippen LogP contribution in [0.25, 0.3) is 0 Å². The number of quaternary nitrogens is 1. The van der Waals surface area contributed by atoms with Crippen LogP contribution in [-0.4, -0.2) is 67.1 Å². The summed E-state index contributed by atoms with van der Waals surface area (Å²) < 4.78 is 7.08. The monoisotopic (exact) mass is 654 g/mol. The van der Waals surface area contributed by atoms with E-state index in [-0.39, 0.29) is 29.7 Å². The molecule has 0 unspecified atom stereocenters. The first kappa shape index (κ1) is 33.3. The standard InChI is InChI=1S/C37H45Cl2N2O2.ClH/c1-28(2)43-32-11-6-8-29(24-32)35(42)26-40-19-7-14-37(27-40,31-12-13-33(38)34(39)25-31)18-23-41-20-15-36(16-21-41,17-22-41)30-9-4-3-5-10-30;/h3-6,8-13,24-25,28H,7,14-23,26-27H2,1-2H3;1H/q+1;/p-1/t36?,37-,41?;/m1./s1. The van der Waals surface area contributed by atoms with Crippen LogP contribution in [0.1, 0.15) is 73.9 Å². The maximum Gasteiger partial charge on any atom is 0.176 e. The van der Waals surface area contributed by atoms with Crippen LogP contribution in [0.5, 0.6) is 5.75 Å². The summed E-state index contributed by atoms with van der Waals surface area (Å²) in [5, 5.41) is 1.21. The van der Waals surface area contributed by atoms with Crippen molar-refractivity contribution in [2.45, 2.75) is 69.3 Å². The summed E-state index contributed by atoms with van der Waals surface area (Å²) in [7, 11) is 0. The Labute approximate surface area is 279 Å². The molecule has 0 aliphatic carbocycles. The number of hydrogen-bond acceptors (Lipinski definition) is 3. The van der Waals surface area contributed by atoms with Crippen LogP contribution in [0.3, 0.4) is 0 Å². The van der Waals surface area contributed by atoms with Crippen molar-refractivity contribution in [3.05, 3.63) is 99.5 Å². The number of benzene rings is 3. The quantitative estimate of drug-likeness (QED) is 0.218. The molecule has 4 saturated heterocycles. The number of rotatable bonds is 10. The summed E-state index contributed by atoms with van der Waals surface area (Å²) in [6.45, 7) is 11.1. The number of carbonyl (C=O) groups excluding carboxylic acids is 1. The third-order valence-corrected chi connectivity index (χ3v) is 11.5. The average molecular weight is 656 g/mol. The smallest absolute Gasteiger partial charge is 0.176 e. The van der Waals surface area contributed by atoms with E-state index >= 15 is 0 Å². The van der Waals surface area contributed by atoms with E-state index in [1.54, 1.807) is 0 Å². The van der Waals surface area contributed by atoms with Crippen LogP contribution in [0, 0.1) is 0 Å². The number of ketones is 1. The lowest BCUT2D eigenvalue weighted by Crippen LogP contribution is -3.00. The lowest BCUT2D eigenvalue weighted by atomic mass is 9.65. The van der Waals surface area contributed by atoms with Crippen molar-refractivity contribution in [1.82, 2.24) is 4.90 Å². The van der Waals surface area contributed by atoms with Gasteiger partial charge < -0.3 is 21.6 Å². The van der Waals surface area contributed by atoms with Gasteiger partial charge in [-0.05, 0) is 68.6 Å². The number of Topliss-reactive ketones (excluding diaryl/α,β-unsaturated/α-hetero) is 1. The SMILES string of the molecule is CC(C)Oc1cccc(C(=O)CN2CCC[C@](CC[N+]34CCC(c5ccccc5)(CC3)CC4)(c3ccc(Cl)c(Cl)c3)C2)c1.[Cl-]. The summed E-state index contributed by atoms with van der Waals surface area (Å²) >= 11 is 13.0. The highest BCUT2D eigenvalue weighted by molar-refractivity contribution is 6.42. The number of nitrogens with zero attached hydrogens (tertiary/aromatic N) is 2. The largest absolute Gasteiger partial charge is 1.00 e. The lowest BCUT2D eigenvalue weighted by molar-refractivity contribution is -0.944. The van der Waals surface area contributed by atoms with Gasteiger partial charge in [0.15, 0.2) is 5.78 Å². The molecule has 0 amide bonds. The molecule has 4 aliphatic heterocycles. The van der Waals surface area contributed by atoms with Crippen LogP contribution in [0.15, 0.2) is 72.8 Å². The van der Waals surface area contributed by atoms with Gasteiger partial charge in [-0.1, -0.05) is 71.7 Å². The molecular formula is C37H45Cl3N2O2. The third kappa shape index (κ3) is 7.00. The fourth-order valence-corrected chi connectivity index (χ4v) is 8.45. The molecule has 4 heterocycles. The van der Waals surface area contributed by atoms with Crippen molar-refractivity contribution < 1.29 is 26.4 Å². The van der Waals surface area contributed by atoms with E-state index < -0.39 is 0 Å². The topological polar surface area (TPSA) is 29.5 Å². The molecule has 3 aromatic rings. The Balaban J connectivity index is 0.00000384.